The van der Waals surface area contributed by atoms with Gasteiger partial charge in [0.15, 0.2) is 0 Å². The van der Waals surface area contributed by atoms with Crippen LogP contribution in [0.5, 0.6) is 0 Å². The molecule has 0 spiro atoms. The predicted octanol–water partition coefficient (Wildman–Crippen LogP) is 1.41. The molecule has 43 valence electrons. The molecular formula is C6H8NS. The summed E-state index contributed by atoms with van der Waals surface area (Å²) in [5, 5.41) is 2.05. The molecular weight excluding hydrogens is 118 g/mol. The smallest absolute Gasteiger partial charge is 0.0244 e. The number of nitrogens with two attached hydrogens (primary N) is 1. The molecule has 0 aliphatic heterocycles. The fourth-order valence-electron chi connectivity index (χ4n) is 0.545. The van der Waals surface area contributed by atoms with Gasteiger partial charge in [-0.05, 0) is 17.9 Å². The third-order valence-corrected chi connectivity index (χ3v) is 1.80. The molecule has 0 amide bonds. The Morgan fingerprint density at radius 2 is 2.62 bits per heavy atom. The largest absolute Gasteiger partial charge is 0.326 e. The second-order valence-electron chi connectivity index (χ2n) is 1.52. The summed E-state index contributed by atoms with van der Waals surface area (Å²) >= 11 is 1.74. The fraction of sp³-hybridized carbons (Fsp3) is 0.167. The SMILES string of the molecule is N[CH]Cc1cccs1. The van der Waals surface area contributed by atoms with Crippen LogP contribution in [0.4, 0.5) is 0 Å². The minimum atomic E-state index is 0.900. The van der Waals surface area contributed by atoms with Crippen LogP contribution < -0.4 is 5.73 Å². The van der Waals surface area contributed by atoms with E-state index in [1.165, 1.54) is 4.88 Å². The van der Waals surface area contributed by atoms with Crippen molar-refractivity contribution in [1.82, 2.24) is 0 Å². The summed E-state index contributed by atoms with van der Waals surface area (Å²) in [7, 11) is 0. The molecule has 0 unspecified atom stereocenters. The fourth-order valence-corrected chi connectivity index (χ4v) is 1.23. The van der Waals surface area contributed by atoms with E-state index >= 15 is 0 Å². The highest BCUT2D eigenvalue weighted by Gasteiger charge is 1.87. The third-order valence-electron chi connectivity index (χ3n) is 0.899. The lowest BCUT2D eigenvalue weighted by molar-refractivity contribution is 1.14. The van der Waals surface area contributed by atoms with Crippen molar-refractivity contribution < 1.29 is 0 Å². The minimum Gasteiger partial charge on any atom is -0.326 e. The first-order chi connectivity index (χ1) is 3.93. The summed E-state index contributed by atoms with van der Waals surface area (Å²) in [5.74, 6) is 0. The highest BCUT2D eigenvalue weighted by atomic mass is 32.1. The molecule has 2 N–H and O–H groups in total. The van der Waals surface area contributed by atoms with Crippen molar-refractivity contribution in [2.75, 3.05) is 0 Å². The van der Waals surface area contributed by atoms with Gasteiger partial charge in [0.2, 0.25) is 0 Å². The van der Waals surface area contributed by atoms with Crippen LogP contribution >= 0.6 is 11.3 Å². The van der Waals surface area contributed by atoms with Gasteiger partial charge >= 0.3 is 0 Å². The van der Waals surface area contributed by atoms with Crippen molar-refractivity contribution in [3.63, 3.8) is 0 Å². The quantitative estimate of drug-likeness (QED) is 0.637. The summed E-state index contributed by atoms with van der Waals surface area (Å²) < 4.78 is 0. The molecule has 8 heavy (non-hydrogen) atoms. The molecule has 2 heteroatoms. The van der Waals surface area contributed by atoms with Gasteiger partial charge in [0.25, 0.3) is 0 Å². The summed E-state index contributed by atoms with van der Waals surface area (Å²) in [6, 6.07) is 4.11. The van der Waals surface area contributed by atoms with E-state index in [-0.39, 0.29) is 0 Å². The minimum absolute atomic E-state index is 0.900. The Bertz CT molecular complexity index is 134. The van der Waals surface area contributed by atoms with Crippen LogP contribution in [0.1, 0.15) is 4.88 Å². The highest BCUT2D eigenvalue weighted by molar-refractivity contribution is 7.09. The molecule has 0 aliphatic carbocycles. The predicted molar refractivity (Wildman–Crippen MR) is 36.5 cm³/mol. The standard InChI is InChI=1S/C6H8NS/c7-4-3-6-2-1-5-8-6/h1-2,4-5H,3,7H2. The second-order valence-corrected chi connectivity index (χ2v) is 2.55. The number of thiophene rings is 1. The first-order valence-corrected chi connectivity index (χ1v) is 3.37. The third kappa shape index (κ3) is 1.32. The van der Waals surface area contributed by atoms with E-state index in [0.29, 0.717) is 0 Å². The lowest BCUT2D eigenvalue weighted by Gasteiger charge is -1.85. The van der Waals surface area contributed by atoms with Crippen LogP contribution in [-0.4, -0.2) is 0 Å². The van der Waals surface area contributed by atoms with Crippen molar-refractivity contribution >= 4 is 11.3 Å². The van der Waals surface area contributed by atoms with Crippen LogP contribution in [-0.2, 0) is 6.42 Å². The molecule has 0 aliphatic rings. The maximum absolute atomic E-state index is 5.20. The van der Waals surface area contributed by atoms with E-state index in [1.807, 2.05) is 6.07 Å². The van der Waals surface area contributed by atoms with E-state index < -0.39 is 0 Å². The average Bonchev–Trinajstić information content (AvgIpc) is 2.19. The monoisotopic (exact) mass is 126 g/mol. The van der Waals surface area contributed by atoms with Crippen molar-refractivity contribution in [3.8, 4) is 0 Å². The second kappa shape index (κ2) is 2.84. The number of rotatable bonds is 2. The zero-order chi connectivity index (χ0) is 5.82. The van der Waals surface area contributed by atoms with Crippen LogP contribution in [0, 0.1) is 6.54 Å². The number of hydrogen-bond acceptors (Lipinski definition) is 2. The molecule has 1 rings (SSSR count). The van der Waals surface area contributed by atoms with E-state index in [4.69, 9.17) is 5.73 Å². The van der Waals surface area contributed by atoms with Crippen LogP contribution in [0.15, 0.2) is 17.5 Å². The maximum atomic E-state index is 5.20. The van der Waals surface area contributed by atoms with Crippen molar-refractivity contribution in [3.05, 3.63) is 28.9 Å². The molecule has 0 bridgehead atoms. The van der Waals surface area contributed by atoms with Crippen molar-refractivity contribution in [2.45, 2.75) is 6.42 Å². The Morgan fingerprint density at radius 3 is 3.12 bits per heavy atom. The van der Waals surface area contributed by atoms with Gasteiger partial charge in [0.1, 0.15) is 0 Å². The van der Waals surface area contributed by atoms with Crippen LogP contribution in [0.2, 0.25) is 0 Å². The van der Waals surface area contributed by atoms with Gasteiger partial charge in [-0.25, -0.2) is 0 Å². The van der Waals surface area contributed by atoms with Gasteiger partial charge in [0, 0.05) is 11.4 Å². The molecule has 1 nitrogen and oxygen atoms in total. The molecule has 0 atom stereocenters. The Morgan fingerprint density at radius 1 is 1.75 bits per heavy atom. The van der Waals surface area contributed by atoms with Gasteiger partial charge < -0.3 is 5.73 Å². The molecule has 1 heterocycles. The first kappa shape index (κ1) is 5.79. The van der Waals surface area contributed by atoms with Gasteiger partial charge in [-0.2, -0.15) is 0 Å². The van der Waals surface area contributed by atoms with E-state index in [9.17, 15) is 0 Å². The topological polar surface area (TPSA) is 26.0 Å². The normalized spacial score (nSPS) is 9.62. The zero-order valence-electron chi connectivity index (χ0n) is 4.50. The Hall–Kier alpha value is -0.340. The Kier molecular flexibility index (Phi) is 2.06. The van der Waals surface area contributed by atoms with Crippen LogP contribution in [0.3, 0.4) is 0 Å². The highest BCUT2D eigenvalue weighted by Crippen LogP contribution is 2.08. The van der Waals surface area contributed by atoms with Crippen molar-refractivity contribution in [1.29, 1.82) is 0 Å². The first-order valence-electron chi connectivity index (χ1n) is 2.49. The molecule has 0 fully saturated rings. The Balaban J connectivity index is 2.50. The lowest BCUT2D eigenvalue weighted by atomic mass is 10.3. The van der Waals surface area contributed by atoms with Gasteiger partial charge in [-0.3, -0.25) is 0 Å². The molecule has 0 aromatic carbocycles. The molecule has 0 saturated heterocycles. The molecule has 0 saturated carbocycles. The average molecular weight is 126 g/mol. The summed E-state index contributed by atoms with van der Waals surface area (Å²) in [6.45, 7) is 1.67. The van der Waals surface area contributed by atoms with Gasteiger partial charge in [-0.15, -0.1) is 11.3 Å². The van der Waals surface area contributed by atoms with Gasteiger partial charge in [0.05, 0.1) is 0 Å². The Labute approximate surface area is 53.1 Å². The van der Waals surface area contributed by atoms with Crippen LogP contribution in [0.25, 0.3) is 0 Å². The zero-order valence-corrected chi connectivity index (χ0v) is 5.32. The summed E-state index contributed by atoms with van der Waals surface area (Å²) in [6.07, 6.45) is 0.900. The summed E-state index contributed by atoms with van der Waals surface area (Å²) in [4.78, 5) is 1.33. The molecule has 1 aromatic rings. The van der Waals surface area contributed by atoms with Gasteiger partial charge in [-0.1, -0.05) is 6.07 Å². The maximum Gasteiger partial charge on any atom is 0.0244 e. The summed E-state index contributed by atoms with van der Waals surface area (Å²) in [5.41, 5.74) is 5.20. The number of hydrogen-bond donors (Lipinski definition) is 1. The molecule has 1 radical (unpaired) electrons. The molecule has 1 aromatic heterocycles. The lowest BCUT2D eigenvalue weighted by Crippen LogP contribution is -1.91. The van der Waals surface area contributed by atoms with E-state index in [1.54, 1.807) is 17.9 Å². The van der Waals surface area contributed by atoms with E-state index in [0.717, 1.165) is 6.42 Å². The van der Waals surface area contributed by atoms with E-state index in [2.05, 4.69) is 11.4 Å². The van der Waals surface area contributed by atoms with Crippen molar-refractivity contribution in [2.24, 2.45) is 5.73 Å².